The fourth-order valence-electron chi connectivity index (χ4n) is 5.31. The number of amides is 2. The third-order valence-electron chi connectivity index (χ3n) is 7.29. The van der Waals surface area contributed by atoms with Crippen molar-refractivity contribution < 1.29 is 14.8 Å². The standard InChI is InChI=1S/C27H29N4O3/c1-27(14-18-31(26(27)33)25(24(32)29-34)30-16-5-2-6-17-30)20-11-9-19(10-12-20)21-13-15-28-23-8-4-3-7-22(21)23/h2-4,7-13,15,25,34H,5-6,14,16-18H2,1H3,(H,29,32). The molecule has 0 aliphatic carbocycles. The summed E-state index contributed by atoms with van der Waals surface area (Å²) in [7, 11) is 0. The zero-order valence-electron chi connectivity index (χ0n) is 19.3. The summed E-state index contributed by atoms with van der Waals surface area (Å²) in [6.07, 6.45) is 5.54. The molecule has 0 bridgehead atoms. The summed E-state index contributed by atoms with van der Waals surface area (Å²) in [5.74, 6) is -0.642. The van der Waals surface area contributed by atoms with Crippen molar-refractivity contribution in [3.8, 4) is 11.1 Å². The Morgan fingerprint density at radius 2 is 1.79 bits per heavy atom. The predicted molar refractivity (Wildman–Crippen MR) is 130 cm³/mol. The van der Waals surface area contributed by atoms with Gasteiger partial charge in [0.15, 0.2) is 6.17 Å². The van der Waals surface area contributed by atoms with Crippen molar-refractivity contribution in [2.75, 3.05) is 19.6 Å². The third-order valence-corrected chi connectivity index (χ3v) is 7.29. The number of para-hydroxylation sites is 1. The SMILES string of the molecule is CC1(c2ccc(-c3ccnc4ccccc34)cc2)CCN(C(C(=O)NO)N2CC[CH]CC2)C1=O. The summed E-state index contributed by atoms with van der Waals surface area (Å²) < 4.78 is 0. The second kappa shape index (κ2) is 9.16. The number of nitrogens with zero attached hydrogens (tertiary/aromatic N) is 3. The van der Waals surface area contributed by atoms with Gasteiger partial charge in [-0.2, -0.15) is 0 Å². The van der Waals surface area contributed by atoms with Crippen molar-refractivity contribution in [2.45, 2.75) is 37.8 Å². The molecule has 175 valence electrons. The fourth-order valence-corrected chi connectivity index (χ4v) is 5.31. The Kier molecular flexibility index (Phi) is 6.06. The number of benzene rings is 2. The Morgan fingerprint density at radius 3 is 2.53 bits per heavy atom. The second-order valence-electron chi connectivity index (χ2n) is 9.29. The Labute approximate surface area is 199 Å². The molecule has 2 atom stereocenters. The summed E-state index contributed by atoms with van der Waals surface area (Å²) in [6.45, 7) is 3.79. The van der Waals surface area contributed by atoms with Crippen LogP contribution in [0.15, 0.2) is 60.8 Å². The summed E-state index contributed by atoms with van der Waals surface area (Å²) in [4.78, 5) is 34.3. The Morgan fingerprint density at radius 1 is 1.06 bits per heavy atom. The molecule has 7 heteroatoms. The molecule has 7 nitrogen and oxygen atoms in total. The number of likely N-dealkylation sites (tertiary alicyclic amines) is 2. The molecule has 0 spiro atoms. The molecule has 2 amide bonds. The van der Waals surface area contributed by atoms with Crippen LogP contribution in [0.4, 0.5) is 0 Å². The minimum absolute atomic E-state index is 0.0854. The summed E-state index contributed by atoms with van der Waals surface area (Å²) >= 11 is 0. The normalized spacial score (nSPS) is 22.2. The van der Waals surface area contributed by atoms with Crippen molar-refractivity contribution in [3.05, 3.63) is 72.8 Å². The van der Waals surface area contributed by atoms with Crippen molar-refractivity contribution >= 4 is 22.7 Å². The quantitative estimate of drug-likeness (QED) is 0.452. The third kappa shape index (κ3) is 3.85. The zero-order valence-corrected chi connectivity index (χ0v) is 19.3. The van der Waals surface area contributed by atoms with Crippen LogP contribution >= 0.6 is 0 Å². The lowest BCUT2D eigenvalue weighted by atomic mass is 9.80. The lowest BCUT2D eigenvalue weighted by Gasteiger charge is -2.38. The van der Waals surface area contributed by atoms with Crippen LogP contribution in [0.3, 0.4) is 0 Å². The van der Waals surface area contributed by atoms with Gasteiger partial charge < -0.3 is 4.90 Å². The van der Waals surface area contributed by atoms with Crippen LogP contribution in [-0.2, 0) is 15.0 Å². The first-order valence-electron chi connectivity index (χ1n) is 11.8. The van der Waals surface area contributed by atoms with Gasteiger partial charge in [0.1, 0.15) is 0 Å². The van der Waals surface area contributed by atoms with Crippen LogP contribution in [0, 0.1) is 6.42 Å². The molecule has 2 aromatic carbocycles. The number of rotatable bonds is 5. The predicted octanol–water partition coefficient (Wildman–Crippen LogP) is 3.52. The minimum Gasteiger partial charge on any atom is -0.317 e. The maximum Gasteiger partial charge on any atom is 0.281 e. The van der Waals surface area contributed by atoms with Gasteiger partial charge in [-0.15, -0.1) is 0 Å². The molecule has 1 radical (unpaired) electrons. The van der Waals surface area contributed by atoms with Crippen LogP contribution in [0.2, 0.25) is 0 Å². The number of fused-ring (bicyclic) bond motifs is 1. The second-order valence-corrected chi connectivity index (χ2v) is 9.29. The highest BCUT2D eigenvalue weighted by Crippen LogP contribution is 2.38. The van der Waals surface area contributed by atoms with Gasteiger partial charge in [0.2, 0.25) is 5.91 Å². The maximum absolute atomic E-state index is 13.7. The van der Waals surface area contributed by atoms with Crippen molar-refractivity contribution in [3.63, 3.8) is 0 Å². The van der Waals surface area contributed by atoms with E-state index >= 15 is 0 Å². The molecule has 34 heavy (non-hydrogen) atoms. The fraction of sp³-hybridized carbons (Fsp3) is 0.333. The van der Waals surface area contributed by atoms with Gasteiger partial charge in [0, 0.05) is 31.2 Å². The number of carbonyl (C=O) groups is 2. The number of nitrogens with one attached hydrogen (secondary N) is 1. The van der Waals surface area contributed by atoms with Gasteiger partial charge in [0.25, 0.3) is 5.91 Å². The minimum atomic E-state index is -0.796. The van der Waals surface area contributed by atoms with E-state index in [1.165, 1.54) is 0 Å². The van der Waals surface area contributed by atoms with E-state index in [1.807, 2.05) is 54.4 Å². The summed E-state index contributed by atoms with van der Waals surface area (Å²) in [5.41, 5.74) is 5.09. The lowest BCUT2D eigenvalue weighted by Crippen LogP contribution is -2.59. The van der Waals surface area contributed by atoms with E-state index in [-0.39, 0.29) is 5.91 Å². The number of aromatic nitrogens is 1. The molecule has 2 aliphatic heterocycles. The van der Waals surface area contributed by atoms with Crippen molar-refractivity contribution in [1.29, 1.82) is 0 Å². The number of hydrogen-bond donors (Lipinski definition) is 2. The van der Waals surface area contributed by atoms with Gasteiger partial charge in [-0.05, 0) is 61.4 Å². The molecule has 5 rings (SSSR count). The molecule has 2 aliphatic rings. The van der Waals surface area contributed by atoms with Crippen LogP contribution in [0.1, 0.15) is 31.7 Å². The molecule has 2 saturated heterocycles. The van der Waals surface area contributed by atoms with E-state index in [0.29, 0.717) is 26.1 Å². The molecule has 2 unspecified atom stereocenters. The molecular formula is C27H29N4O3. The van der Waals surface area contributed by atoms with Crippen LogP contribution in [0.5, 0.6) is 0 Å². The largest absolute Gasteiger partial charge is 0.317 e. The highest BCUT2D eigenvalue weighted by Gasteiger charge is 2.49. The van der Waals surface area contributed by atoms with E-state index < -0.39 is 17.5 Å². The van der Waals surface area contributed by atoms with Crippen LogP contribution < -0.4 is 5.48 Å². The monoisotopic (exact) mass is 457 g/mol. The van der Waals surface area contributed by atoms with E-state index in [0.717, 1.165) is 40.4 Å². The highest BCUT2D eigenvalue weighted by atomic mass is 16.5. The summed E-state index contributed by atoms with van der Waals surface area (Å²) in [5, 5.41) is 10.5. The first-order valence-corrected chi connectivity index (χ1v) is 11.8. The number of piperidine rings is 1. The molecule has 2 fully saturated rings. The molecule has 0 saturated carbocycles. The Balaban J connectivity index is 1.42. The average molecular weight is 458 g/mol. The van der Waals surface area contributed by atoms with Gasteiger partial charge in [-0.25, -0.2) is 5.48 Å². The van der Waals surface area contributed by atoms with Gasteiger partial charge in [-0.1, -0.05) is 42.5 Å². The summed E-state index contributed by atoms with van der Waals surface area (Å²) in [6, 6.07) is 18.2. The highest BCUT2D eigenvalue weighted by molar-refractivity contribution is 5.96. The van der Waals surface area contributed by atoms with E-state index in [1.54, 1.807) is 10.4 Å². The van der Waals surface area contributed by atoms with Crippen molar-refractivity contribution in [1.82, 2.24) is 20.3 Å². The topological polar surface area (TPSA) is 85.8 Å². The Hall–Kier alpha value is -3.29. The molecule has 2 N–H and O–H groups in total. The first-order chi connectivity index (χ1) is 16.5. The zero-order chi connectivity index (χ0) is 23.7. The van der Waals surface area contributed by atoms with E-state index in [9.17, 15) is 14.8 Å². The molecule has 1 aromatic heterocycles. The van der Waals surface area contributed by atoms with Gasteiger partial charge >= 0.3 is 0 Å². The Bertz CT molecular complexity index is 1200. The molecule has 3 aromatic rings. The van der Waals surface area contributed by atoms with Crippen molar-refractivity contribution in [2.24, 2.45) is 0 Å². The number of hydroxylamine groups is 1. The van der Waals surface area contributed by atoms with E-state index in [2.05, 4.69) is 29.6 Å². The number of hydrogen-bond acceptors (Lipinski definition) is 5. The maximum atomic E-state index is 13.7. The van der Waals surface area contributed by atoms with Gasteiger partial charge in [-0.3, -0.25) is 24.7 Å². The smallest absolute Gasteiger partial charge is 0.281 e. The first kappa shape index (κ1) is 22.5. The number of carbonyl (C=O) groups excluding carboxylic acids is 2. The van der Waals surface area contributed by atoms with E-state index in [4.69, 9.17) is 0 Å². The van der Waals surface area contributed by atoms with Gasteiger partial charge in [0.05, 0.1) is 10.9 Å². The van der Waals surface area contributed by atoms with Crippen LogP contribution in [-0.4, -0.2) is 57.6 Å². The number of pyridine rings is 1. The van der Waals surface area contributed by atoms with Crippen LogP contribution in [0.25, 0.3) is 22.0 Å². The molecular weight excluding hydrogens is 428 g/mol. The average Bonchev–Trinajstić information content (AvgIpc) is 3.19. The molecule has 3 heterocycles. The lowest BCUT2D eigenvalue weighted by molar-refractivity contribution is -0.151.